The monoisotopic (exact) mass is 354 g/mol. The van der Waals surface area contributed by atoms with Crippen molar-refractivity contribution in [2.75, 3.05) is 14.2 Å². The normalized spacial score (nSPS) is 14.5. The molecule has 0 atom stereocenters. The molecule has 0 saturated heterocycles. The van der Waals surface area contributed by atoms with Crippen LogP contribution in [0.15, 0.2) is 42.2 Å². The number of ether oxygens (including phenoxy) is 2. The minimum absolute atomic E-state index is 0.0137. The number of rotatable bonds is 2. The lowest BCUT2D eigenvalue weighted by Crippen LogP contribution is -2.00. The molecular weight excluding hydrogens is 332 g/mol. The molecule has 1 aliphatic rings. The van der Waals surface area contributed by atoms with E-state index in [0.717, 1.165) is 11.1 Å². The highest BCUT2D eigenvalue weighted by Crippen LogP contribution is 2.42. The predicted octanol–water partition coefficient (Wildman–Crippen LogP) is 3.75. The van der Waals surface area contributed by atoms with Gasteiger partial charge in [-0.2, -0.15) is 0 Å². The summed E-state index contributed by atoms with van der Waals surface area (Å²) in [7, 11) is 3.04. The van der Waals surface area contributed by atoms with Gasteiger partial charge in [0.15, 0.2) is 17.3 Å². The average molecular weight is 354 g/mol. The van der Waals surface area contributed by atoms with Crippen molar-refractivity contribution < 1.29 is 24.5 Å². The molecule has 0 fully saturated rings. The molecular formula is C21H22O5. The molecule has 3 rings (SSSR count). The molecule has 2 N–H and O–H groups in total. The molecule has 0 aromatic heterocycles. The van der Waals surface area contributed by atoms with Gasteiger partial charge < -0.3 is 19.7 Å². The number of carbonyl (C=O) groups excluding carboxylic acids is 1. The largest absolute Gasteiger partial charge is 0.507 e. The molecule has 26 heavy (non-hydrogen) atoms. The van der Waals surface area contributed by atoms with E-state index in [0.29, 0.717) is 48.3 Å². The van der Waals surface area contributed by atoms with E-state index in [1.54, 1.807) is 25.3 Å². The van der Waals surface area contributed by atoms with Crippen molar-refractivity contribution in [1.29, 1.82) is 0 Å². The van der Waals surface area contributed by atoms with Gasteiger partial charge in [-0.15, -0.1) is 0 Å². The van der Waals surface area contributed by atoms with E-state index in [1.807, 2.05) is 18.2 Å². The number of ketones is 1. The van der Waals surface area contributed by atoms with Crippen LogP contribution in [0.3, 0.4) is 0 Å². The van der Waals surface area contributed by atoms with Crippen molar-refractivity contribution in [3.05, 3.63) is 53.3 Å². The number of phenolic OH excluding ortho intramolecular Hbond substituents is 2. The summed E-state index contributed by atoms with van der Waals surface area (Å²) in [5.41, 5.74) is 2.97. The first-order valence-corrected chi connectivity index (χ1v) is 8.51. The Hall–Kier alpha value is -2.95. The highest BCUT2D eigenvalue weighted by molar-refractivity contribution is 5.90. The van der Waals surface area contributed by atoms with Crippen LogP contribution in [0.1, 0.15) is 24.0 Å². The van der Waals surface area contributed by atoms with E-state index in [4.69, 9.17) is 9.47 Å². The predicted molar refractivity (Wildman–Crippen MR) is 98.5 cm³/mol. The first-order valence-electron chi connectivity index (χ1n) is 8.51. The molecule has 0 radical (unpaired) electrons. The quantitative estimate of drug-likeness (QED) is 0.859. The van der Waals surface area contributed by atoms with Gasteiger partial charge in [0.1, 0.15) is 5.75 Å². The fourth-order valence-electron chi connectivity index (χ4n) is 3.21. The second kappa shape index (κ2) is 7.52. The van der Waals surface area contributed by atoms with Crippen molar-refractivity contribution in [3.8, 4) is 28.4 Å². The van der Waals surface area contributed by atoms with Crippen molar-refractivity contribution in [3.63, 3.8) is 0 Å². The molecule has 5 nitrogen and oxygen atoms in total. The van der Waals surface area contributed by atoms with Crippen LogP contribution in [0.25, 0.3) is 11.1 Å². The third-order valence-corrected chi connectivity index (χ3v) is 4.59. The zero-order valence-electron chi connectivity index (χ0n) is 14.9. The summed E-state index contributed by atoms with van der Waals surface area (Å²) in [6, 6.07) is 8.79. The lowest BCUT2D eigenvalue weighted by atomic mass is 9.96. The van der Waals surface area contributed by atoms with E-state index >= 15 is 0 Å². The Morgan fingerprint density at radius 1 is 0.808 bits per heavy atom. The van der Waals surface area contributed by atoms with Gasteiger partial charge in [-0.1, -0.05) is 6.07 Å². The van der Waals surface area contributed by atoms with Gasteiger partial charge in [0.25, 0.3) is 0 Å². The topological polar surface area (TPSA) is 76.0 Å². The van der Waals surface area contributed by atoms with Crippen LogP contribution in [0.2, 0.25) is 0 Å². The first kappa shape index (κ1) is 17.9. The number of hydrogen-bond donors (Lipinski definition) is 2. The Bertz CT molecular complexity index is 867. The third-order valence-electron chi connectivity index (χ3n) is 4.59. The summed E-state index contributed by atoms with van der Waals surface area (Å²) in [5.74, 6) is 1.01. The van der Waals surface area contributed by atoms with Gasteiger partial charge in [0.05, 0.1) is 20.0 Å². The second-order valence-corrected chi connectivity index (χ2v) is 6.33. The molecule has 136 valence electrons. The van der Waals surface area contributed by atoms with Crippen molar-refractivity contribution in [1.82, 2.24) is 0 Å². The summed E-state index contributed by atoms with van der Waals surface area (Å²) < 4.78 is 10.7. The van der Waals surface area contributed by atoms with Gasteiger partial charge in [-0.05, 0) is 48.2 Å². The van der Waals surface area contributed by atoms with Gasteiger partial charge >= 0.3 is 0 Å². The SMILES string of the molecule is COC1=CC(=O)CCc2cc(O)c(OC)c(c2)-c2cc(ccc2O)CC1. The zero-order valence-corrected chi connectivity index (χ0v) is 14.9. The first-order chi connectivity index (χ1) is 12.5. The van der Waals surface area contributed by atoms with E-state index in [9.17, 15) is 15.0 Å². The van der Waals surface area contributed by atoms with Gasteiger partial charge in [-0.3, -0.25) is 4.79 Å². The standard InChI is InChI=1S/C21H22O5/c1-25-16-7-4-13-5-8-19(23)17(9-13)18-10-14(3-6-15(22)12-16)11-20(24)21(18)26-2/h5,8-12,23-24H,3-4,6-7H2,1-2H3. The number of fused-ring (bicyclic) bond motifs is 5. The molecule has 4 bridgehead atoms. The van der Waals surface area contributed by atoms with Crippen LogP contribution in [0, 0.1) is 0 Å². The summed E-state index contributed by atoms with van der Waals surface area (Å²) in [5, 5.41) is 20.7. The maximum Gasteiger partial charge on any atom is 0.168 e. The Morgan fingerprint density at radius 2 is 1.54 bits per heavy atom. The Morgan fingerprint density at radius 3 is 2.27 bits per heavy atom. The number of carbonyl (C=O) groups is 1. The van der Waals surface area contributed by atoms with Crippen LogP contribution >= 0.6 is 0 Å². The molecule has 5 heteroatoms. The van der Waals surface area contributed by atoms with Crippen LogP contribution in [0.5, 0.6) is 17.2 Å². The molecule has 0 unspecified atom stereocenters. The number of benzene rings is 2. The van der Waals surface area contributed by atoms with Crippen molar-refractivity contribution in [2.24, 2.45) is 0 Å². The molecule has 2 aromatic carbocycles. The summed E-state index contributed by atoms with van der Waals surface area (Å²) in [6.45, 7) is 0. The summed E-state index contributed by atoms with van der Waals surface area (Å²) in [6.07, 6.45) is 3.57. The number of hydrogen-bond acceptors (Lipinski definition) is 5. The minimum atomic E-state index is -0.0208. The molecule has 0 heterocycles. The maximum absolute atomic E-state index is 12.2. The summed E-state index contributed by atoms with van der Waals surface area (Å²) >= 11 is 0. The van der Waals surface area contributed by atoms with Crippen molar-refractivity contribution >= 4 is 5.78 Å². The highest BCUT2D eigenvalue weighted by atomic mass is 16.5. The lowest BCUT2D eigenvalue weighted by molar-refractivity contribution is -0.114. The Kier molecular flexibility index (Phi) is 5.16. The molecule has 0 amide bonds. The molecule has 0 aliphatic heterocycles. The van der Waals surface area contributed by atoms with Gasteiger partial charge in [0, 0.05) is 30.0 Å². The number of allylic oxidation sites excluding steroid dienone is 2. The Labute approximate surface area is 152 Å². The smallest absolute Gasteiger partial charge is 0.168 e. The zero-order chi connectivity index (χ0) is 18.7. The van der Waals surface area contributed by atoms with E-state index < -0.39 is 0 Å². The van der Waals surface area contributed by atoms with E-state index in [-0.39, 0.29) is 17.3 Å². The number of methoxy groups -OCH3 is 2. The molecule has 0 saturated carbocycles. The van der Waals surface area contributed by atoms with Gasteiger partial charge in [0.2, 0.25) is 0 Å². The average Bonchev–Trinajstić information content (AvgIpc) is 2.64. The van der Waals surface area contributed by atoms with Crippen LogP contribution in [-0.4, -0.2) is 30.2 Å². The van der Waals surface area contributed by atoms with Gasteiger partial charge in [-0.25, -0.2) is 0 Å². The maximum atomic E-state index is 12.2. The molecule has 0 spiro atoms. The van der Waals surface area contributed by atoms with E-state index in [2.05, 4.69) is 0 Å². The van der Waals surface area contributed by atoms with Crippen LogP contribution in [0.4, 0.5) is 0 Å². The third kappa shape index (κ3) is 3.67. The fraction of sp³-hybridized carbons (Fsp3) is 0.286. The van der Waals surface area contributed by atoms with Crippen LogP contribution in [-0.2, 0) is 22.4 Å². The number of phenols is 2. The minimum Gasteiger partial charge on any atom is -0.507 e. The summed E-state index contributed by atoms with van der Waals surface area (Å²) in [4.78, 5) is 12.2. The second-order valence-electron chi connectivity index (χ2n) is 6.33. The highest BCUT2D eigenvalue weighted by Gasteiger charge is 2.17. The Balaban J connectivity index is 2.17. The number of aromatic hydroxyl groups is 2. The van der Waals surface area contributed by atoms with E-state index in [1.165, 1.54) is 7.11 Å². The molecule has 1 aliphatic carbocycles. The van der Waals surface area contributed by atoms with Crippen LogP contribution < -0.4 is 4.74 Å². The molecule has 2 aromatic rings. The number of aryl methyl sites for hydroxylation is 2. The lowest BCUT2D eigenvalue weighted by Gasteiger charge is -2.15. The fourth-order valence-corrected chi connectivity index (χ4v) is 3.21. The van der Waals surface area contributed by atoms with Crippen molar-refractivity contribution in [2.45, 2.75) is 25.7 Å².